The van der Waals surface area contributed by atoms with Crippen molar-refractivity contribution in [2.75, 3.05) is 0 Å². The smallest absolute Gasteiger partial charge is 0.120 e. The fourth-order valence-corrected chi connectivity index (χ4v) is 2.91. The lowest BCUT2D eigenvalue weighted by atomic mass is 9.78. The summed E-state index contributed by atoms with van der Waals surface area (Å²) in [5, 5.41) is 0. The maximum atomic E-state index is 6.29. The predicted molar refractivity (Wildman–Crippen MR) is 89.9 cm³/mol. The lowest BCUT2D eigenvalue weighted by Gasteiger charge is -2.30. The van der Waals surface area contributed by atoms with Crippen molar-refractivity contribution in [3.05, 3.63) is 24.2 Å². The van der Waals surface area contributed by atoms with Crippen LogP contribution in [0, 0.1) is 17.3 Å². The number of rotatable bonds is 9. The fourth-order valence-electron chi connectivity index (χ4n) is 2.91. The summed E-state index contributed by atoms with van der Waals surface area (Å²) in [4.78, 5) is 0. The SMILES string of the molecule is CC(C)CC(N)C(C)CCC(C)(C)CC(N)c1ccco1. The van der Waals surface area contributed by atoms with Crippen molar-refractivity contribution >= 4 is 0 Å². The van der Waals surface area contributed by atoms with Crippen LogP contribution in [0.15, 0.2) is 22.8 Å². The first-order valence-corrected chi connectivity index (χ1v) is 8.26. The molecule has 0 spiro atoms. The molecule has 0 aliphatic rings. The molecule has 3 atom stereocenters. The van der Waals surface area contributed by atoms with E-state index in [0.29, 0.717) is 17.9 Å². The number of hydrogen-bond acceptors (Lipinski definition) is 3. The average Bonchev–Trinajstić information content (AvgIpc) is 2.88. The van der Waals surface area contributed by atoms with Gasteiger partial charge >= 0.3 is 0 Å². The van der Waals surface area contributed by atoms with E-state index in [2.05, 4.69) is 34.6 Å². The zero-order valence-electron chi connectivity index (χ0n) is 14.4. The highest BCUT2D eigenvalue weighted by atomic mass is 16.3. The van der Waals surface area contributed by atoms with Gasteiger partial charge < -0.3 is 15.9 Å². The molecule has 1 aromatic rings. The van der Waals surface area contributed by atoms with E-state index in [0.717, 1.165) is 31.4 Å². The number of hydrogen-bond donors (Lipinski definition) is 2. The standard InChI is InChI=1S/C18H34N2O/c1-13(2)11-15(19)14(3)8-9-18(4,5)12-16(20)17-7-6-10-21-17/h6-7,10,13-16H,8-9,11-12,19-20H2,1-5H3. The summed E-state index contributed by atoms with van der Waals surface area (Å²) in [5.74, 6) is 2.11. The molecule has 4 N–H and O–H groups in total. The maximum Gasteiger partial charge on any atom is 0.120 e. The van der Waals surface area contributed by atoms with Crippen molar-refractivity contribution in [1.29, 1.82) is 0 Å². The summed E-state index contributed by atoms with van der Waals surface area (Å²) in [6.45, 7) is 11.3. The highest BCUT2D eigenvalue weighted by molar-refractivity contribution is 5.04. The molecule has 0 saturated heterocycles. The molecular weight excluding hydrogens is 260 g/mol. The molecule has 0 aliphatic heterocycles. The Morgan fingerprint density at radius 1 is 1.19 bits per heavy atom. The van der Waals surface area contributed by atoms with Gasteiger partial charge in [0.1, 0.15) is 5.76 Å². The van der Waals surface area contributed by atoms with Gasteiger partial charge in [-0.25, -0.2) is 0 Å². The third-order valence-electron chi connectivity index (χ3n) is 4.43. The second-order valence-corrected chi connectivity index (χ2v) is 7.80. The van der Waals surface area contributed by atoms with E-state index in [1.807, 2.05) is 12.1 Å². The molecule has 3 unspecified atom stereocenters. The quantitative estimate of drug-likeness (QED) is 0.705. The van der Waals surface area contributed by atoms with E-state index < -0.39 is 0 Å². The van der Waals surface area contributed by atoms with Crippen molar-refractivity contribution in [3.8, 4) is 0 Å². The monoisotopic (exact) mass is 294 g/mol. The first-order chi connectivity index (χ1) is 9.71. The Bertz CT molecular complexity index is 384. The van der Waals surface area contributed by atoms with Gasteiger partial charge in [-0.3, -0.25) is 0 Å². The van der Waals surface area contributed by atoms with Crippen LogP contribution in [0.3, 0.4) is 0 Å². The van der Waals surface area contributed by atoms with Gasteiger partial charge in [-0.1, -0.05) is 34.6 Å². The van der Waals surface area contributed by atoms with Gasteiger partial charge in [0, 0.05) is 6.04 Å². The highest BCUT2D eigenvalue weighted by Crippen LogP contribution is 2.34. The minimum absolute atomic E-state index is 0.0188. The lowest BCUT2D eigenvalue weighted by Crippen LogP contribution is -2.31. The van der Waals surface area contributed by atoms with Crippen LogP contribution in [-0.2, 0) is 0 Å². The molecule has 0 saturated carbocycles. The molecule has 1 aromatic heterocycles. The van der Waals surface area contributed by atoms with Crippen LogP contribution in [0.25, 0.3) is 0 Å². The molecule has 0 bridgehead atoms. The molecule has 122 valence electrons. The molecule has 3 nitrogen and oxygen atoms in total. The van der Waals surface area contributed by atoms with Crippen LogP contribution in [0.5, 0.6) is 0 Å². The molecule has 21 heavy (non-hydrogen) atoms. The second-order valence-electron chi connectivity index (χ2n) is 7.80. The Balaban J connectivity index is 2.41. The first-order valence-electron chi connectivity index (χ1n) is 8.26. The van der Waals surface area contributed by atoms with Crippen molar-refractivity contribution in [2.45, 2.75) is 72.4 Å². The largest absolute Gasteiger partial charge is 0.468 e. The van der Waals surface area contributed by atoms with Crippen LogP contribution in [-0.4, -0.2) is 6.04 Å². The maximum absolute atomic E-state index is 6.29. The zero-order valence-corrected chi connectivity index (χ0v) is 14.4. The van der Waals surface area contributed by atoms with E-state index in [1.165, 1.54) is 0 Å². The normalized spacial score (nSPS) is 17.0. The first kappa shape index (κ1) is 18.2. The Kier molecular flexibility index (Phi) is 6.95. The van der Waals surface area contributed by atoms with Gasteiger partial charge in [-0.05, 0) is 55.1 Å². The van der Waals surface area contributed by atoms with Crippen LogP contribution in [0.1, 0.15) is 72.1 Å². The van der Waals surface area contributed by atoms with Gasteiger partial charge in [0.2, 0.25) is 0 Å². The molecule has 0 aromatic carbocycles. The molecular formula is C18H34N2O. The molecule has 0 radical (unpaired) electrons. The fraction of sp³-hybridized carbons (Fsp3) is 0.778. The lowest BCUT2D eigenvalue weighted by molar-refractivity contribution is 0.233. The summed E-state index contributed by atoms with van der Waals surface area (Å²) in [7, 11) is 0. The molecule has 1 rings (SSSR count). The van der Waals surface area contributed by atoms with E-state index in [-0.39, 0.29) is 11.5 Å². The van der Waals surface area contributed by atoms with Gasteiger partial charge in [0.15, 0.2) is 0 Å². The van der Waals surface area contributed by atoms with E-state index in [4.69, 9.17) is 15.9 Å². The van der Waals surface area contributed by atoms with Gasteiger partial charge in [0.25, 0.3) is 0 Å². The van der Waals surface area contributed by atoms with Crippen molar-refractivity contribution in [3.63, 3.8) is 0 Å². The Hall–Kier alpha value is -0.800. The predicted octanol–water partition coefficient (Wildman–Crippen LogP) is 4.49. The summed E-state index contributed by atoms with van der Waals surface area (Å²) in [6, 6.07) is 4.14. The summed E-state index contributed by atoms with van der Waals surface area (Å²) in [6.07, 6.45) is 6.04. The molecule has 3 heteroatoms. The summed E-state index contributed by atoms with van der Waals surface area (Å²) >= 11 is 0. The van der Waals surface area contributed by atoms with Gasteiger partial charge in [0.05, 0.1) is 12.3 Å². The average molecular weight is 294 g/mol. The highest BCUT2D eigenvalue weighted by Gasteiger charge is 2.25. The molecule has 1 heterocycles. The number of nitrogens with two attached hydrogens (primary N) is 2. The summed E-state index contributed by atoms with van der Waals surface area (Å²) in [5.41, 5.74) is 12.7. The Morgan fingerprint density at radius 3 is 2.38 bits per heavy atom. The van der Waals surface area contributed by atoms with E-state index in [9.17, 15) is 0 Å². The van der Waals surface area contributed by atoms with Crippen molar-refractivity contribution in [2.24, 2.45) is 28.7 Å². The Morgan fingerprint density at radius 2 is 1.86 bits per heavy atom. The van der Waals surface area contributed by atoms with Crippen molar-refractivity contribution in [1.82, 2.24) is 0 Å². The van der Waals surface area contributed by atoms with Crippen LogP contribution < -0.4 is 11.5 Å². The topological polar surface area (TPSA) is 65.2 Å². The molecule has 0 fully saturated rings. The minimum Gasteiger partial charge on any atom is -0.468 e. The van der Waals surface area contributed by atoms with Crippen LogP contribution >= 0.6 is 0 Å². The van der Waals surface area contributed by atoms with Gasteiger partial charge in [-0.15, -0.1) is 0 Å². The van der Waals surface area contributed by atoms with Crippen LogP contribution in [0.4, 0.5) is 0 Å². The second kappa shape index (κ2) is 8.00. The summed E-state index contributed by atoms with van der Waals surface area (Å²) < 4.78 is 5.40. The molecule has 0 amide bonds. The van der Waals surface area contributed by atoms with Crippen LogP contribution in [0.2, 0.25) is 0 Å². The molecule has 0 aliphatic carbocycles. The minimum atomic E-state index is -0.0188. The third kappa shape index (κ3) is 6.66. The van der Waals surface area contributed by atoms with E-state index >= 15 is 0 Å². The third-order valence-corrected chi connectivity index (χ3v) is 4.43. The van der Waals surface area contributed by atoms with Gasteiger partial charge in [-0.2, -0.15) is 0 Å². The Labute approximate surface area is 130 Å². The van der Waals surface area contributed by atoms with E-state index in [1.54, 1.807) is 6.26 Å². The number of furan rings is 1. The van der Waals surface area contributed by atoms with Crippen molar-refractivity contribution < 1.29 is 4.42 Å². The zero-order chi connectivity index (χ0) is 16.0.